The third kappa shape index (κ3) is 11.5. The van der Waals surface area contributed by atoms with Gasteiger partial charge in [0.1, 0.15) is 5.75 Å². The first-order valence-corrected chi connectivity index (χ1v) is 9.92. The van der Waals surface area contributed by atoms with Crippen molar-refractivity contribution in [2.45, 2.75) is 70.8 Å². The van der Waals surface area contributed by atoms with Gasteiger partial charge in [-0.2, -0.15) is 0 Å². The minimum Gasteiger partial charge on any atom is -0.491 e. The number of hydrogen-bond donors (Lipinski definition) is 3. The van der Waals surface area contributed by atoms with Crippen LogP contribution in [0, 0.1) is 0 Å². The lowest BCUT2D eigenvalue weighted by Crippen LogP contribution is -2.29. The number of ether oxygens (including phenoxy) is 1. The maximum absolute atomic E-state index is 8.82. The summed E-state index contributed by atoms with van der Waals surface area (Å²) in [6.07, 6.45) is 6.57. The molecule has 0 heterocycles. The first kappa shape index (κ1) is 23.0. The molecule has 0 radical (unpaired) electrons. The standard InChI is InChI=1S/C20H37BN2O3/c1-17(2)26-20-11-9-18(10-12-20)7-6-15-23(3)16-13-19(22)8-4-5-14-21(24)25/h9-12,17,19,24-25H,4-8,13-16,22H2,1-3H3. The SMILES string of the molecule is CC(C)Oc1ccc(CCCN(C)CCC(N)CCCCB(O)O)cc1. The van der Waals surface area contributed by atoms with E-state index < -0.39 is 7.12 Å². The lowest BCUT2D eigenvalue weighted by Gasteiger charge is -2.19. The van der Waals surface area contributed by atoms with E-state index in [1.807, 2.05) is 26.0 Å². The molecular weight excluding hydrogens is 327 g/mol. The van der Waals surface area contributed by atoms with E-state index in [1.54, 1.807) is 0 Å². The monoisotopic (exact) mass is 364 g/mol. The fourth-order valence-electron chi connectivity index (χ4n) is 2.94. The molecule has 5 nitrogen and oxygen atoms in total. The summed E-state index contributed by atoms with van der Waals surface area (Å²) in [5.74, 6) is 0.934. The van der Waals surface area contributed by atoms with Crippen LogP contribution >= 0.6 is 0 Å². The van der Waals surface area contributed by atoms with E-state index in [9.17, 15) is 0 Å². The Morgan fingerprint density at radius 1 is 1.04 bits per heavy atom. The largest absolute Gasteiger partial charge is 0.491 e. The number of rotatable bonds is 14. The van der Waals surface area contributed by atoms with Crippen molar-refractivity contribution in [2.24, 2.45) is 5.73 Å². The van der Waals surface area contributed by atoms with Gasteiger partial charge in [-0.25, -0.2) is 0 Å². The van der Waals surface area contributed by atoms with Gasteiger partial charge in [0, 0.05) is 6.04 Å². The van der Waals surface area contributed by atoms with Gasteiger partial charge in [0.15, 0.2) is 0 Å². The van der Waals surface area contributed by atoms with Gasteiger partial charge in [-0.05, 0) is 83.7 Å². The number of hydrogen-bond acceptors (Lipinski definition) is 5. The molecule has 26 heavy (non-hydrogen) atoms. The van der Waals surface area contributed by atoms with E-state index in [4.69, 9.17) is 20.5 Å². The summed E-state index contributed by atoms with van der Waals surface area (Å²) in [6, 6.07) is 8.59. The van der Waals surface area contributed by atoms with E-state index in [0.717, 1.165) is 57.4 Å². The first-order valence-electron chi connectivity index (χ1n) is 9.92. The second-order valence-corrected chi connectivity index (χ2v) is 7.53. The van der Waals surface area contributed by atoms with E-state index in [1.165, 1.54) is 5.56 Å². The number of nitrogens with two attached hydrogens (primary N) is 1. The highest BCUT2D eigenvalue weighted by molar-refractivity contribution is 6.40. The van der Waals surface area contributed by atoms with Crippen molar-refractivity contribution in [1.82, 2.24) is 4.90 Å². The zero-order chi connectivity index (χ0) is 19.4. The number of benzene rings is 1. The Bertz CT molecular complexity index is 469. The van der Waals surface area contributed by atoms with Crippen molar-refractivity contribution in [1.29, 1.82) is 0 Å². The Morgan fingerprint density at radius 2 is 1.73 bits per heavy atom. The van der Waals surface area contributed by atoms with Crippen LogP contribution in [0.3, 0.4) is 0 Å². The number of unbranched alkanes of at least 4 members (excludes halogenated alkanes) is 1. The summed E-state index contributed by atoms with van der Waals surface area (Å²) in [5.41, 5.74) is 7.49. The average molecular weight is 364 g/mol. The van der Waals surface area contributed by atoms with Gasteiger partial charge in [0.2, 0.25) is 0 Å². The first-order chi connectivity index (χ1) is 12.4. The molecule has 1 aromatic rings. The molecule has 0 aliphatic carbocycles. The van der Waals surface area contributed by atoms with Crippen LogP contribution in [-0.2, 0) is 6.42 Å². The zero-order valence-electron chi connectivity index (χ0n) is 16.7. The maximum atomic E-state index is 8.82. The summed E-state index contributed by atoms with van der Waals surface area (Å²) in [7, 11) is 0.963. The summed E-state index contributed by atoms with van der Waals surface area (Å²) >= 11 is 0. The van der Waals surface area contributed by atoms with Crippen LogP contribution in [0.1, 0.15) is 51.5 Å². The Labute approximate surface area is 159 Å². The molecule has 0 amide bonds. The smallest absolute Gasteiger partial charge is 0.451 e. The Kier molecular flexibility index (Phi) is 11.6. The van der Waals surface area contributed by atoms with Crippen molar-refractivity contribution >= 4 is 7.12 Å². The molecule has 0 bridgehead atoms. The summed E-state index contributed by atoms with van der Waals surface area (Å²) < 4.78 is 5.67. The van der Waals surface area contributed by atoms with Crippen LogP contribution in [0.25, 0.3) is 0 Å². The quantitative estimate of drug-likeness (QED) is 0.349. The predicted molar refractivity (Wildman–Crippen MR) is 109 cm³/mol. The topological polar surface area (TPSA) is 79.0 Å². The molecule has 1 unspecified atom stereocenters. The van der Waals surface area contributed by atoms with Gasteiger partial charge >= 0.3 is 7.12 Å². The van der Waals surface area contributed by atoms with Crippen molar-refractivity contribution in [3.63, 3.8) is 0 Å². The van der Waals surface area contributed by atoms with Crippen LogP contribution in [0.2, 0.25) is 6.32 Å². The highest BCUT2D eigenvalue weighted by atomic mass is 16.5. The third-order valence-corrected chi connectivity index (χ3v) is 4.47. The van der Waals surface area contributed by atoms with Gasteiger partial charge in [0.05, 0.1) is 6.10 Å². The molecule has 1 atom stereocenters. The third-order valence-electron chi connectivity index (χ3n) is 4.47. The number of nitrogens with zero attached hydrogens (tertiary/aromatic N) is 1. The van der Waals surface area contributed by atoms with Crippen LogP contribution in [0.4, 0.5) is 0 Å². The van der Waals surface area contributed by atoms with Crippen LogP contribution in [-0.4, -0.2) is 54.3 Å². The normalized spacial score (nSPS) is 12.6. The molecule has 0 aromatic heterocycles. The van der Waals surface area contributed by atoms with Crippen LogP contribution < -0.4 is 10.5 Å². The Morgan fingerprint density at radius 3 is 2.35 bits per heavy atom. The molecule has 0 spiro atoms. The van der Waals surface area contributed by atoms with E-state index >= 15 is 0 Å². The molecule has 1 rings (SSSR count). The van der Waals surface area contributed by atoms with Crippen molar-refractivity contribution < 1.29 is 14.8 Å². The van der Waals surface area contributed by atoms with Crippen molar-refractivity contribution in [3.8, 4) is 5.75 Å². The fraction of sp³-hybridized carbons (Fsp3) is 0.700. The highest BCUT2D eigenvalue weighted by Crippen LogP contribution is 2.15. The van der Waals surface area contributed by atoms with E-state index in [-0.39, 0.29) is 12.1 Å². The van der Waals surface area contributed by atoms with Gasteiger partial charge in [-0.1, -0.05) is 25.0 Å². The van der Waals surface area contributed by atoms with Gasteiger partial charge in [-0.15, -0.1) is 0 Å². The van der Waals surface area contributed by atoms with Crippen LogP contribution in [0.15, 0.2) is 24.3 Å². The molecule has 6 heteroatoms. The molecule has 148 valence electrons. The van der Waals surface area contributed by atoms with E-state index in [0.29, 0.717) is 6.32 Å². The second kappa shape index (κ2) is 13.1. The molecule has 0 fully saturated rings. The van der Waals surface area contributed by atoms with Gasteiger partial charge in [-0.3, -0.25) is 0 Å². The maximum Gasteiger partial charge on any atom is 0.451 e. The summed E-state index contributed by atoms with van der Waals surface area (Å²) in [6.45, 7) is 6.14. The molecule has 4 N–H and O–H groups in total. The predicted octanol–water partition coefficient (Wildman–Crippen LogP) is 2.70. The van der Waals surface area contributed by atoms with Gasteiger partial charge in [0.25, 0.3) is 0 Å². The molecular formula is C20H37BN2O3. The highest BCUT2D eigenvalue weighted by Gasteiger charge is 2.08. The summed E-state index contributed by atoms with van der Waals surface area (Å²) in [4.78, 5) is 2.34. The van der Waals surface area contributed by atoms with E-state index in [2.05, 4.69) is 24.1 Å². The molecule has 0 aliphatic rings. The lowest BCUT2D eigenvalue weighted by molar-refractivity contribution is 0.242. The lowest BCUT2D eigenvalue weighted by atomic mass is 9.83. The second-order valence-electron chi connectivity index (χ2n) is 7.53. The minimum atomic E-state index is -1.18. The van der Waals surface area contributed by atoms with Crippen molar-refractivity contribution in [3.05, 3.63) is 29.8 Å². The zero-order valence-corrected chi connectivity index (χ0v) is 16.7. The van der Waals surface area contributed by atoms with Gasteiger partial charge < -0.3 is 25.4 Å². The minimum absolute atomic E-state index is 0.196. The molecule has 0 saturated heterocycles. The van der Waals surface area contributed by atoms with Crippen LogP contribution in [0.5, 0.6) is 5.75 Å². The molecule has 0 saturated carbocycles. The Balaban J connectivity index is 2.11. The molecule has 0 aliphatic heterocycles. The average Bonchev–Trinajstić information content (AvgIpc) is 2.58. The molecule has 1 aromatic carbocycles. The number of aryl methyl sites for hydroxylation is 1. The van der Waals surface area contributed by atoms with Crippen molar-refractivity contribution in [2.75, 3.05) is 20.1 Å². The Hall–Kier alpha value is -1.08. The summed E-state index contributed by atoms with van der Waals surface area (Å²) in [5, 5.41) is 17.6. The fourth-order valence-corrected chi connectivity index (χ4v) is 2.94.